The number of carbonyl (C=O) groups is 2. The molecule has 0 radical (unpaired) electrons. The van der Waals surface area contributed by atoms with Crippen molar-refractivity contribution in [1.29, 1.82) is 0 Å². The molecule has 2 aliphatic carbocycles. The molecule has 2 fully saturated rings. The first-order chi connectivity index (χ1) is 9.41. The van der Waals surface area contributed by atoms with Crippen LogP contribution in [0, 0.1) is 5.92 Å². The average Bonchev–Trinajstić information content (AvgIpc) is 2.98. The number of carboxylic acid groups (broad SMARTS) is 1. The van der Waals surface area contributed by atoms with Crippen LogP contribution in [0.25, 0.3) is 0 Å². The summed E-state index contributed by atoms with van der Waals surface area (Å²) >= 11 is 0. The first kappa shape index (κ1) is 15.1. The van der Waals surface area contributed by atoms with Crippen molar-refractivity contribution in [3.8, 4) is 0 Å². The van der Waals surface area contributed by atoms with Crippen molar-refractivity contribution >= 4 is 12.0 Å². The van der Waals surface area contributed by atoms with Crippen molar-refractivity contribution in [3.05, 3.63) is 0 Å². The highest BCUT2D eigenvalue weighted by Gasteiger charge is 2.36. The summed E-state index contributed by atoms with van der Waals surface area (Å²) in [7, 11) is 1.65. The van der Waals surface area contributed by atoms with Gasteiger partial charge in [-0.15, -0.1) is 0 Å². The monoisotopic (exact) mass is 284 g/mol. The Morgan fingerprint density at radius 2 is 1.90 bits per heavy atom. The molecule has 3 N–H and O–H groups in total. The van der Waals surface area contributed by atoms with Gasteiger partial charge in [0.1, 0.15) is 0 Å². The third-order valence-corrected chi connectivity index (χ3v) is 4.55. The molecular weight excluding hydrogens is 260 g/mol. The Kier molecular flexibility index (Phi) is 4.52. The molecule has 0 aromatic heterocycles. The zero-order valence-corrected chi connectivity index (χ0v) is 12.0. The van der Waals surface area contributed by atoms with Crippen molar-refractivity contribution < 1.29 is 19.8 Å². The maximum atomic E-state index is 12.1. The standard InChI is InChI=1S/C14H24N2O4/c1-16(9-14(20)7-2-3-8-14)13(19)15-11-6-4-5-10(11)12(17)18/h10-11,20H,2-9H2,1H3,(H,15,19)(H,17,18). The molecule has 2 aliphatic rings. The van der Waals surface area contributed by atoms with Crippen molar-refractivity contribution in [2.75, 3.05) is 13.6 Å². The third kappa shape index (κ3) is 3.42. The fraction of sp³-hybridized carbons (Fsp3) is 0.857. The molecule has 0 aliphatic heterocycles. The summed E-state index contributed by atoms with van der Waals surface area (Å²) in [6.45, 7) is 0.309. The van der Waals surface area contributed by atoms with E-state index in [1.807, 2.05) is 0 Å². The molecule has 6 nitrogen and oxygen atoms in total. The smallest absolute Gasteiger partial charge is 0.317 e. The number of hydrogen-bond acceptors (Lipinski definition) is 3. The van der Waals surface area contributed by atoms with Crippen LogP contribution in [0.2, 0.25) is 0 Å². The molecule has 2 atom stereocenters. The van der Waals surface area contributed by atoms with Gasteiger partial charge in [-0.25, -0.2) is 4.79 Å². The van der Waals surface area contributed by atoms with Gasteiger partial charge >= 0.3 is 12.0 Å². The second-order valence-electron chi connectivity index (χ2n) is 6.22. The molecule has 0 bridgehead atoms. The Labute approximate surface area is 119 Å². The van der Waals surface area contributed by atoms with E-state index in [-0.39, 0.29) is 12.1 Å². The topological polar surface area (TPSA) is 89.9 Å². The molecule has 2 unspecified atom stereocenters. The molecule has 2 saturated carbocycles. The fourth-order valence-electron chi connectivity index (χ4n) is 3.40. The molecule has 20 heavy (non-hydrogen) atoms. The Bertz CT molecular complexity index is 379. The highest BCUT2D eigenvalue weighted by Crippen LogP contribution is 2.30. The summed E-state index contributed by atoms with van der Waals surface area (Å²) in [5.41, 5.74) is -0.770. The number of rotatable bonds is 4. The van der Waals surface area contributed by atoms with E-state index >= 15 is 0 Å². The minimum absolute atomic E-state index is 0.288. The Hall–Kier alpha value is -1.30. The summed E-state index contributed by atoms with van der Waals surface area (Å²) in [6.07, 6.45) is 5.60. The maximum absolute atomic E-state index is 12.1. The third-order valence-electron chi connectivity index (χ3n) is 4.55. The minimum Gasteiger partial charge on any atom is -0.481 e. The number of likely N-dealkylation sites (N-methyl/N-ethyl adjacent to an activating group) is 1. The lowest BCUT2D eigenvalue weighted by Gasteiger charge is -2.30. The summed E-state index contributed by atoms with van der Waals surface area (Å²) in [5, 5.41) is 22.2. The predicted molar refractivity (Wildman–Crippen MR) is 73.3 cm³/mol. The molecule has 114 valence electrons. The van der Waals surface area contributed by atoms with E-state index in [0.29, 0.717) is 19.4 Å². The highest BCUT2D eigenvalue weighted by molar-refractivity contribution is 5.77. The summed E-state index contributed by atoms with van der Waals surface area (Å²) < 4.78 is 0. The number of amides is 2. The maximum Gasteiger partial charge on any atom is 0.317 e. The number of nitrogens with one attached hydrogen (secondary N) is 1. The lowest BCUT2D eigenvalue weighted by Crippen LogP contribution is -2.50. The number of aliphatic carboxylic acids is 1. The van der Waals surface area contributed by atoms with Crippen LogP contribution in [0.4, 0.5) is 4.79 Å². The number of nitrogens with zero attached hydrogens (tertiary/aromatic N) is 1. The Balaban J connectivity index is 1.86. The first-order valence-electron chi connectivity index (χ1n) is 7.38. The van der Waals surface area contributed by atoms with E-state index in [9.17, 15) is 14.7 Å². The van der Waals surface area contributed by atoms with Gasteiger partial charge in [-0.05, 0) is 25.7 Å². The van der Waals surface area contributed by atoms with E-state index in [4.69, 9.17) is 5.11 Å². The van der Waals surface area contributed by atoms with E-state index in [1.54, 1.807) is 7.05 Å². The molecule has 0 spiro atoms. The molecule has 2 amide bonds. The number of aliphatic hydroxyl groups is 1. The Morgan fingerprint density at radius 3 is 2.50 bits per heavy atom. The first-order valence-corrected chi connectivity index (χ1v) is 7.38. The molecule has 0 heterocycles. The predicted octanol–water partition coefficient (Wildman–Crippen LogP) is 1.19. The van der Waals surface area contributed by atoms with Gasteiger partial charge in [-0.3, -0.25) is 4.79 Å². The highest BCUT2D eigenvalue weighted by atomic mass is 16.4. The number of carboxylic acids is 1. The van der Waals surface area contributed by atoms with Crippen molar-refractivity contribution in [3.63, 3.8) is 0 Å². The van der Waals surface area contributed by atoms with Crippen molar-refractivity contribution in [1.82, 2.24) is 10.2 Å². The van der Waals surface area contributed by atoms with Gasteiger partial charge in [0.25, 0.3) is 0 Å². The summed E-state index contributed by atoms with van der Waals surface area (Å²) in [6, 6.07) is -0.579. The van der Waals surface area contributed by atoms with Gasteiger partial charge in [0.05, 0.1) is 18.1 Å². The van der Waals surface area contributed by atoms with Crippen LogP contribution < -0.4 is 5.32 Å². The van der Waals surface area contributed by atoms with Crippen molar-refractivity contribution in [2.45, 2.75) is 56.6 Å². The van der Waals surface area contributed by atoms with Crippen LogP contribution in [0.15, 0.2) is 0 Å². The second-order valence-corrected chi connectivity index (χ2v) is 6.22. The SMILES string of the molecule is CN(CC1(O)CCCC1)C(=O)NC1CCCC1C(=O)O. The van der Waals surface area contributed by atoms with Crippen LogP contribution in [-0.4, -0.2) is 52.3 Å². The molecule has 0 aromatic rings. The van der Waals surface area contributed by atoms with Gasteiger partial charge in [-0.1, -0.05) is 19.3 Å². The molecule has 6 heteroatoms. The quantitative estimate of drug-likeness (QED) is 0.723. The lowest BCUT2D eigenvalue weighted by molar-refractivity contribution is -0.142. The molecular formula is C14H24N2O4. The fourth-order valence-corrected chi connectivity index (χ4v) is 3.40. The van der Waals surface area contributed by atoms with Crippen LogP contribution in [0.1, 0.15) is 44.9 Å². The van der Waals surface area contributed by atoms with Gasteiger partial charge in [0.15, 0.2) is 0 Å². The molecule has 0 saturated heterocycles. The van der Waals surface area contributed by atoms with Gasteiger partial charge in [-0.2, -0.15) is 0 Å². The number of carbonyl (C=O) groups excluding carboxylic acids is 1. The largest absolute Gasteiger partial charge is 0.481 e. The molecule has 0 aromatic carbocycles. The van der Waals surface area contributed by atoms with E-state index in [1.165, 1.54) is 4.90 Å². The lowest BCUT2D eigenvalue weighted by atomic mass is 10.0. The van der Waals surface area contributed by atoms with Crippen LogP contribution >= 0.6 is 0 Å². The zero-order valence-electron chi connectivity index (χ0n) is 12.0. The van der Waals surface area contributed by atoms with Gasteiger partial charge in [0.2, 0.25) is 0 Å². The van der Waals surface area contributed by atoms with Crippen molar-refractivity contribution in [2.24, 2.45) is 5.92 Å². The second kappa shape index (κ2) is 5.99. The van der Waals surface area contributed by atoms with Crippen LogP contribution in [0.5, 0.6) is 0 Å². The minimum atomic E-state index is -0.843. The number of urea groups is 1. The summed E-state index contributed by atoms with van der Waals surface area (Å²) in [4.78, 5) is 24.7. The average molecular weight is 284 g/mol. The zero-order chi connectivity index (χ0) is 14.8. The number of hydrogen-bond donors (Lipinski definition) is 3. The molecule has 2 rings (SSSR count). The van der Waals surface area contributed by atoms with Crippen LogP contribution in [-0.2, 0) is 4.79 Å². The van der Waals surface area contributed by atoms with Gasteiger partial charge in [0, 0.05) is 13.1 Å². The van der Waals surface area contributed by atoms with Gasteiger partial charge < -0.3 is 20.4 Å². The Morgan fingerprint density at radius 1 is 1.25 bits per heavy atom. The van der Waals surface area contributed by atoms with E-state index in [0.717, 1.165) is 32.1 Å². The van der Waals surface area contributed by atoms with E-state index in [2.05, 4.69) is 5.32 Å². The van der Waals surface area contributed by atoms with E-state index < -0.39 is 17.5 Å². The normalized spacial score (nSPS) is 28.3. The van der Waals surface area contributed by atoms with Crippen LogP contribution in [0.3, 0.4) is 0 Å². The summed E-state index contributed by atoms with van der Waals surface area (Å²) in [5.74, 6) is -1.33.